The van der Waals surface area contributed by atoms with Gasteiger partial charge in [-0.25, -0.2) is 0 Å². The van der Waals surface area contributed by atoms with Crippen molar-refractivity contribution in [2.75, 3.05) is 14.2 Å². The topological polar surface area (TPSA) is 35.5 Å². The number of hydrogen-bond acceptors (Lipinski definition) is 3. The highest BCUT2D eigenvalue weighted by Crippen LogP contribution is 2.08. The zero-order valence-corrected chi connectivity index (χ0v) is 12.1. The van der Waals surface area contributed by atoms with Crippen molar-refractivity contribution in [2.24, 2.45) is 0 Å². The summed E-state index contributed by atoms with van der Waals surface area (Å²) in [6.07, 6.45) is -0.0648. The summed E-state index contributed by atoms with van der Waals surface area (Å²) in [7, 11) is 3.21. The SMILES string of the molecule is COC(C)OC.O=C(c1ccccc1)c1ccccc1. The van der Waals surface area contributed by atoms with E-state index in [2.05, 4.69) is 9.47 Å². The van der Waals surface area contributed by atoms with Gasteiger partial charge in [0.2, 0.25) is 0 Å². The van der Waals surface area contributed by atoms with E-state index in [0.29, 0.717) is 0 Å². The molecule has 0 aliphatic rings. The van der Waals surface area contributed by atoms with Crippen molar-refractivity contribution in [3.63, 3.8) is 0 Å². The van der Waals surface area contributed by atoms with Gasteiger partial charge >= 0.3 is 0 Å². The molecule has 0 aromatic heterocycles. The number of carbonyl (C=O) groups excluding carboxylic acids is 1. The van der Waals surface area contributed by atoms with Crippen LogP contribution in [0.5, 0.6) is 0 Å². The third-order valence-corrected chi connectivity index (χ3v) is 2.74. The Kier molecular flexibility index (Phi) is 7.25. The van der Waals surface area contributed by atoms with Crippen LogP contribution in [0.2, 0.25) is 0 Å². The largest absolute Gasteiger partial charge is 0.356 e. The Labute approximate surface area is 120 Å². The first-order valence-corrected chi connectivity index (χ1v) is 6.39. The van der Waals surface area contributed by atoms with Gasteiger partial charge in [-0.3, -0.25) is 4.79 Å². The molecule has 0 spiro atoms. The van der Waals surface area contributed by atoms with Gasteiger partial charge in [0.1, 0.15) is 0 Å². The average Bonchev–Trinajstić information content (AvgIpc) is 2.55. The Balaban J connectivity index is 0.000000286. The number of methoxy groups -OCH3 is 2. The van der Waals surface area contributed by atoms with E-state index in [-0.39, 0.29) is 12.1 Å². The molecule has 0 fully saturated rings. The second-order valence-electron chi connectivity index (χ2n) is 4.10. The standard InChI is InChI=1S/C13H10O.C4H10O2/c14-13(11-7-3-1-4-8-11)12-9-5-2-6-10-12;1-4(5-2)6-3/h1-10H;4H,1-3H3. The van der Waals surface area contributed by atoms with E-state index in [9.17, 15) is 4.79 Å². The average molecular weight is 272 g/mol. The van der Waals surface area contributed by atoms with Crippen LogP contribution >= 0.6 is 0 Å². The molecule has 0 saturated carbocycles. The summed E-state index contributed by atoms with van der Waals surface area (Å²) in [5.41, 5.74) is 1.47. The fourth-order valence-electron chi connectivity index (χ4n) is 1.44. The zero-order valence-electron chi connectivity index (χ0n) is 12.1. The lowest BCUT2D eigenvalue weighted by molar-refractivity contribution is -0.0877. The van der Waals surface area contributed by atoms with Gasteiger partial charge in [0.25, 0.3) is 0 Å². The molecule has 0 N–H and O–H groups in total. The van der Waals surface area contributed by atoms with Gasteiger partial charge in [0.05, 0.1) is 0 Å². The molecule has 0 radical (unpaired) electrons. The quantitative estimate of drug-likeness (QED) is 0.631. The fraction of sp³-hybridized carbons (Fsp3) is 0.235. The number of benzene rings is 2. The molecule has 3 nitrogen and oxygen atoms in total. The summed E-state index contributed by atoms with van der Waals surface area (Å²) < 4.78 is 9.35. The molecule has 0 bridgehead atoms. The van der Waals surface area contributed by atoms with Crippen LogP contribution in [0, 0.1) is 0 Å². The van der Waals surface area contributed by atoms with E-state index < -0.39 is 0 Å². The van der Waals surface area contributed by atoms with Crippen LogP contribution in [-0.4, -0.2) is 26.3 Å². The molecule has 0 aliphatic heterocycles. The van der Waals surface area contributed by atoms with E-state index in [0.717, 1.165) is 11.1 Å². The smallest absolute Gasteiger partial charge is 0.193 e. The lowest BCUT2D eigenvalue weighted by Crippen LogP contribution is -2.05. The van der Waals surface area contributed by atoms with Crippen LogP contribution in [-0.2, 0) is 9.47 Å². The van der Waals surface area contributed by atoms with Crippen LogP contribution in [0.15, 0.2) is 60.7 Å². The maximum Gasteiger partial charge on any atom is 0.193 e. The minimum Gasteiger partial charge on any atom is -0.356 e. The monoisotopic (exact) mass is 272 g/mol. The Morgan fingerprint density at radius 3 is 1.40 bits per heavy atom. The molecule has 3 heteroatoms. The maximum atomic E-state index is 11.8. The summed E-state index contributed by atoms with van der Waals surface area (Å²) in [5, 5.41) is 0. The van der Waals surface area contributed by atoms with Crippen LogP contribution in [0.3, 0.4) is 0 Å². The summed E-state index contributed by atoms with van der Waals surface area (Å²) in [6, 6.07) is 18.6. The number of carbonyl (C=O) groups is 1. The first-order chi connectivity index (χ1) is 9.69. The molecule has 2 rings (SSSR count). The molecule has 0 saturated heterocycles. The Morgan fingerprint density at radius 2 is 1.15 bits per heavy atom. The molecule has 0 unspecified atom stereocenters. The number of hydrogen-bond donors (Lipinski definition) is 0. The van der Waals surface area contributed by atoms with Gasteiger partial charge < -0.3 is 9.47 Å². The van der Waals surface area contributed by atoms with E-state index in [4.69, 9.17) is 0 Å². The lowest BCUT2D eigenvalue weighted by atomic mass is 10.0. The second kappa shape index (κ2) is 9.02. The predicted octanol–water partition coefficient (Wildman–Crippen LogP) is 3.54. The molecule has 0 aliphatic carbocycles. The molecule has 0 amide bonds. The van der Waals surface area contributed by atoms with Gasteiger partial charge in [-0.2, -0.15) is 0 Å². The molecular formula is C17H20O3. The molecule has 106 valence electrons. The van der Waals surface area contributed by atoms with Crippen LogP contribution in [0.4, 0.5) is 0 Å². The van der Waals surface area contributed by atoms with Gasteiger partial charge in [0.15, 0.2) is 12.1 Å². The van der Waals surface area contributed by atoms with Crippen molar-refractivity contribution < 1.29 is 14.3 Å². The zero-order chi connectivity index (χ0) is 14.8. The van der Waals surface area contributed by atoms with E-state index in [1.807, 2.05) is 67.6 Å². The highest BCUT2D eigenvalue weighted by atomic mass is 16.7. The second-order valence-corrected chi connectivity index (χ2v) is 4.10. The van der Waals surface area contributed by atoms with E-state index >= 15 is 0 Å². The van der Waals surface area contributed by atoms with Crippen molar-refractivity contribution >= 4 is 5.78 Å². The van der Waals surface area contributed by atoms with E-state index in [1.165, 1.54) is 0 Å². The van der Waals surface area contributed by atoms with Crippen LogP contribution < -0.4 is 0 Å². The highest BCUT2D eigenvalue weighted by molar-refractivity contribution is 6.08. The summed E-state index contributed by atoms with van der Waals surface area (Å²) in [6.45, 7) is 1.83. The Hall–Kier alpha value is -1.97. The predicted molar refractivity (Wildman–Crippen MR) is 79.8 cm³/mol. The molecule has 0 heterocycles. The third-order valence-electron chi connectivity index (χ3n) is 2.74. The minimum atomic E-state index is -0.0648. The molecule has 2 aromatic rings. The molecule has 0 atom stereocenters. The summed E-state index contributed by atoms with van der Waals surface area (Å²) in [4.78, 5) is 11.8. The first kappa shape index (κ1) is 16.1. The Bertz CT molecular complexity index is 449. The van der Waals surface area contributed by atoms with Gasteiger partial charge in [-0.05, 0) is 6.92 Å². The minimum absolute atomic E-state index is 0.0648. The third kappa shape index (κ3) is 5.34. The molecular weight excluding hydrogens is 252 g/mol. The van der Waals surface area contributed by atoms with Gasteiger partial charge in [0, 0.05) is 25.3 Å². The van der Waals surface area contributed by atoms with Crippen molar-refractivity contribution in [2.45, 2.75) is 13.2 Å². The lowest BCUT2D eigenvalue weighted by Gasteiger charge is -2.03. The van der Waals surface area contributed by atoms with Crippen molar-refractivity contribution in [3.05, 3.63) is 71.8 Å². The van der Waals surface area contributed by atoms with Gasteiger partial charge in [-0.15, -0.1) is 0 Å². The van der Waals surface area contributed by atoms with Crippen LogP contribution in [0.25, 0.3) is 0 Å². The highest BCUT2D eigenvalue weighted by Gasteiger charge is 2.06. The van der Waals surface area contributed by atoms with E-state index in [1.54, 1.807) is 14.2 Å². The summed E-state index contributed by atoms with van der Waals surface area (Å²) in [5.74, 6) is 0.0752. The molecule has 20 heavy (non-hydrogen) atoms. The number of ketones is 1. The Morgan fingerprint density at radius 1 is 0.800 bits per heavy atom. The van der Waals surface area contributed by atoms with Crippen LogP contribution in [0.1, 0.15) is 22.8 Å². The molecule has 2 aromatic carbocycles. The maximum absolute atomic E-state index is 11.8. The van der Waals surface area contributed by atoms with Crippen molar-refractivity contribution in [1.29, 1.82) is 0 Å². The fourth-order valence-corrected chi connectivity index (χ4v) is 1.44. The normalized spacial score (nSPS) is 9.80. The number of ether oxygens (including phenoxy) is 2. The van der Waals surface area contributed by atoms with Crippen molar-refractivity contribution in [1.82, 2.24) is 0 Å². The van der Waals surface area contributed by atoms with Gasteiger partial charge in [-0.1, -0.05) is 60.7 Å². The summed E-state index contributed by atoms with van der Waals surface area (Å²) >= 11 is 0. The van der Waals surface area contributed by atoms with Crippen molar-refractivity contribution in [3.8, 4) is 0 Å². The number of rotatable bonds is 4. The first-order valence-electron chi connectivity index (χ1n) is 6.39.